The predicted octanol–water partition coefficient (Wildman–Crippen LogP) is 3.27. The van der Waals surface area contributed by atoms with Crippen LogP contribution in [0.2, 0.25) is 0 Å². The van der Waals surface area contributed by atoms with Gasteiger partial charge in [-0.2, -0.15) is 5.10 Å². The predicted molar refractivity (Wildman–Crippen MR) is 93.9 cm³/mol. The second-order valence-corrected chi connectivity index (χ2v) is 5.92. The number of amides is 1. The molecule has 2 aromatic carbocycles. The summed E-state index contributed by atoms with van der Waals surface area (Å²) in [5.74, 6) is -2.52. The number of carbonyl (C=O) groups excluding carboxylic acids is 2. The first kappa shape index (κ1) is 18.5. The summed E-state index contributed by atoms with van der Waals surface area (Å²) in [6.45, 7) is 1.53. The zero-order valence-electron chi connectivity index (χ0n) is 14.5. The normalized spacial score (nSPS) is 12.0. The number of esters is 1. The number of fused-ring (bicyclic) bond motifs is 1. The van der Waals surface area contributed by atoms with E-state index >= 15 is 0 Å². The number of aromatic nitrogens is 2. The van der Waals surface area contributed by atoms with Crippen molar-refractivity contribution in [1.82, 2.24) is 15.5 Å². The van der Waals surface area contributed by atoms with Gasteiger partial charge < -0.3 is 10.1 Å². The standard InChI is InChI=1S/C19H17F2N3O3/c1-11(13-7-6-12(20)10-15(13)21)27-17(25)8-9-22-19(26)18-14-4-2-3-5-16(14)23-24-18/h2-7,10-11H,8-9H2,1H3,(H,22,26)(H,23,24). The molecular formula is C19H17F2N3O3. The van der Waals surface area contributed by atoms with Crippen LogP contribution in [0.5, 0.6) is 0 Å². The lowest BCUT2D eigenvalue weighted by Crippen LogP contribution is -2.27. The lowest BCUT2D eigenvalue weighted by molar-refractivity contribution is -0.148. The summed E-state index contributed by atoms with van der Waals surface area (Å²) in [6.07, 6.45) is -0.967. The molecule has 3 rings (SSSR count). The fourth-order valence-corrected chi connectivity index (χ4v) is 2.65. The zero-order chi connectivity index (χ0) is 19.4. The summed E-state index contributed by atoms with van der Waals surface area (Å²) in [6, 6.07) is 10.2. The third-order valence-electron chi connectivity index (χ3n) is 4.01. The Labute approximate surface area is 153 Å². The van der Waals surface area contributed by atoms with Crippen LogP contribution >= 0.6 is 0 Å². The van der Waals surface area contributed by atoms with Crippen LogP contribution < -0.4 is 5.32 Å². The summed E-state index contributed by atoms with van der Waals surface area (Å²) in [5.41, 5.74) is 1.05. The van der Waals surface area contributed by atoms with Crippen LogP contribution in [0.3, 0.4) is 0 Å². The zero-order valence-corrected chi connectivity index (χ0v) is 14.5. The highest BCUT2D eigenvalue weighted by Crippen LogP contribution is 2.21. The Hall–Kier alpha value is -3.29. The summed E-state index contributed by atoms with van der Waals surface area (Å²) < 4.78 is 31.8. The minimum atomic E-state index is -0.871. The number of ether oxygens (including phenoxy) is 1. The van der Waals surface area contributed by atoms with Gasteiger partial charge in [0.15, 0.2) is 5.69 Å². The number of carbonyl (C=O) groups is 2. The van der Waals surface area contributed by atoms with Crippen molar-refractivity contribution in [2.45, 2.75) is 19.4 Å². The van der Waals surface area contributed by atoms with E-state index in [1.807, 2.05) is 6.07 Å². The Balaban J connectivity index is 1.51. The number of H-pyrrole nitrogens is 1. The molecule has 1 amide bonds. The van der Waals surface area contributed by atoms with E-state index in [-0.39, 0.29) is 24.2 Å². The van der Waals surface area contributed by atoms with Gasteiger partial charge in [0.2, 0.25) is 0 Å². The molecule has 0 spiro atoms. The average molecular weight is 373 g/mol. The van der Waals surface area contributed by atoms with E-state index in [1.165, 1.54) is 13.0 Å². The molecule has 6 nitrogen and oxygen atoms in total. The minimum Gasteiger partial charge on any atom is -0.458 e. The Morgan fingerprint density at radius 2 is 2.00 bits per heavy atom. The van der Waals surface area contributed by atoms with Gasteiger partial charge in [0, 0.05) is 23.6 Å². The van der Waals surface area contributed by atoms with Gasteiger partial charge >= 0.3 is 5.97 Å². The second-order valence-electron chi connectivity index (χ2n) is 5.92. The first-order valence-electron chi connectivity index (χ1n) is 8.31. The highest BCUT2D eigenvalue weighted by Gasteiger charge is 2.17. The van der Waals surface area contributed by atoms with Gasteiger partial charge in [-0.25, -0.2) is 8.78 Å². The molecule has 1 heterocycles. The molecule has 0 radical (unpaired) electrons. The number of halogens is 2. The Morgan fingerprint density at radius 1 is 1.22 bits per heavy atom. The van der Waals surface area contributed by atoms with E-state index in [0.717, 1.165) is 17.6 Å². The van der Waals surface area contributed by atoms with Gasteiger partial charge in [-0.3, -0.25) is 14.7 Å². The SMILES string of the molecule is CC(OC(=O)CCNC(=O)c1n[nH]c2ccccc12)c1ccc(F)cc1F. The molecule has 3 aromatic rings. The number of hydrogen-bond acceptors (Lipinski definition) is 4. The summed E-state index contributed by atoms with van der Waals surface area (Å²) in [4.78, 5) is 24.1. The average Bonchev–Trinajstić information content (AvgIpc) is 3.05. The second kappa shape index (κ2) is 7.94. The van der Waals surface area contributed by atoms with Crippen LogP contribution in [-0.2, 0) is 9.53 Å². The lowest BCUT2D eigenvalue weighted by Gasteiger charge is -2.14. The largest absolute Gasteiger partial charge is 0.458 e. The maximum absolute atomic E-state index is 13.7. The minimum absolute atomic E-state index is 0.0392. The quantitative estimate of drug-likeness (QED) is 0.650. The Bertz CT molecular complexity index is 987. The van der Waals surface area contributed by atoms with Gasteiger partial charge in [-0.15, -0.1) is 0 Å². The smallest absolute Gasteiger partial charge is 0.308 e. The van der Waals surface area contributed by atoms with Gasteiger partial charge in [0.1, 0.15) is 17.7 Å². The van der Waals surface area contributed by atoms with E-state index in [9.17, 15) is 18.4 Å². The summed E-state index contributed by atoms with van der Waals surface area (Å²) >= 11 is 0. The highest BCUT2D eigenvalue weighted by atomic mass is 19.1. The molecule has 0 saturated carbocycles. The number of benzene rings is 2. The molecule has 8 heteroatoms. The lowest BCUT2D eigenvalue weighted by atomic mass is 10.1. The number of nitrogens with one attached hydrogen (secondary N) is 2. The molecule has 0 fully saturated rings. The van der Waals surface area contributed by atoms with Gasteiger partial charge in [0.25, 0.3) is 5.91 Å². The first-order chi connectivity index (χ1) is 13.0. The Morgan fingerprint density at radius 3 is 2.78 bits per heavy atom. The fourth-order valence-electron chi connectivity index (χ4n) is 2.65. The molecule has 1 atom stereocenters. The molecule has 0 aliphatic rings. The van der Waals surface area contributed by atoms with Crippen molar-refractivity contribution in [1.29, 1.82) is 0 Å². The van der Waals surface area contributed by atoms with Crippen molar-refractivity contribution in [3.63, 3.8) is 0 Å². The van der Waals surface area contributed by atoms with Crippen LogP contribution in [0.1, 0.15) is 35.5 Å². The van der Waals surface area contributed by atoms with Crippen LogP contribution in [0, 0.1) is 11.6 Å². The van der Waals surface area contributed by atoms with E-state index in [1.54, 1.807) is 18.2 Å². The maximum Gasteiger partial charge on any atom is 0.308 e. The van der Waals surface area contributed by atoms with E-state index in [2.05, 4.69) is 15.5 Å². The molecule has 1 aromatic heterocycles. The summed E-state index contributed by atoms with van der Waals surface area (Å²) in [5, 5.41) is 10.0. The van der Waals surface area contributed by atoms with Crippen LogP contribution in [0.25, 0.3) is 10.9 Å². The third-order valence-corrected chi connectivity index (χ3v) is 4.01. The number of rotatable bonds is 6. The van der Waals surface area contributed by atoms with Gasteiger partial charge in [0.05, 0.1) is 11.9 Å². The number of nitrogens with zero attached hydrogens (tertiary/aromatic N) is 1. The number of hydrogen-bond donors (Lipinski definition) is 2. The van der Waals surface area contributed by atoms with Crippen molar-refractivity contribution in [2.75, 3.05) is 6.54 Å². The summed E-state index contributed by atoms with van der Waals surface area (Å²) in [7, 11) is 0. The Kier molecular flexibility index (Phi) is 5.44. The topological polar surface area (TPSA) is 84.1 Å². The van der Waals surface area contributed by atoms with Gasteiger partial charge in [-0.05, 0) is 25.1 Å². The van der Waals surface area contributed by atoms with Gasteiger partial charge in [-0.1, -0.05) is 18.2 Å². The van der Waals surface area contributed by atoms with Crippen molar-refractivity contribution in [2.24, 2.45) is 0 Å². The molecule has 0 bridgehead atoms. The number of aromatic amines is 1. The fraction of sp³-hybridized carbons (Fsp3) is 0.211. The monoisotopic (exact) mass is 373 g/mol. The molecular weight excluding hydrogens is 356 g/mol. The molecule has 27 heavy (non-hydrogen) atoms. The van der Waals surface area contributed by atoms with E-state index in [4.69, 9.17) is 4.74 Å². The van der Waals surface area contributed by atoms with E-state index < -0.39 is 29.6 Å². The third kappa shape index (κ3) is 4.28. The molecule has 1 unspecified atom stereocenters. The molecule has 0 aliphatic carbocycles. The van der Waals surface area contributed by atoms with Crippen molar-refractivity contribution in [3.05, 3.63) is 65.4 Å². The molecule has 0 saturated heterocycles. The van der Waals surface area contributed by atoms with Crippen molar-refractivity contribution < 1.29 is 23.1 Å². The highest BCUT2D eigenvalue weighted by molar-refractivity contribution is 6.04. The van der Waals surface area contributed by atoms with Crippen LogP contribution in [0.4, 0.5) is 8.78 Å². The number of para-hydroxylation sites is 1. The van der Waals surface area contributed by atoms with Crippen LogP contribution in [0.15, 0.2) is 42.5 Å². The van der Waals surface area contributed by atoms with E-state index in [0.29, 0.717) is 5.39 Å². The van der Waals surface area contributed by atoms with Crippen molar-refractivity contribution >= 4 is 22.8 Å². The first-order valence-corrected chi connectivity index (χ1v) is 8.31. The molecule has 2 N–H and O–H groups in total. The molecule has 0 aliphatic heterocycles. The van der Waals surface area contributed by atoms with Crippen LogP contribution in [-0.4, -0.2) is 28.6 Å². The maximum atomic E-state index is 13.7. The van der Waals surface area contributed by atoms with Crippen molar-refractivity contribution in [3.8, 4) is 0 Å². The molecule has 140 valence electrons.